The van der Waals surface area contributed by atoms with Crippen LogP contribution < -0.4 is 5.14 Å². The lowest BCUT2D eigenvalue weighted by Gasteiger charge is -2.07. The van der Waals surface area contributed by atoms with Crippen molar-refractivity contribution in [2.75, 3.05) is 0 Å². The van der Waals surface area contributed by atoms with Crippen molar-refractivity contribution in [2.24, 2.45) is 5.14 Å². The number of primary sulfonamides is 1. The van der Waals surface area contributed by atoms with Crippen molar-refractivity contribution in [1.29, 1.82) is 0 Å². The first-order valence-electron chi connectivity index (χ1n) is 7.93. The lowest BCUT2D eigenvalue weighted by Crippen LogP contribution is -2.11. The number of hydrogen-bond acceptors (Lipinski definition) is 2. The third-order valence-electron chi connectivity index (χ3n) is 4.31. The highest BCUT2D eigenvalue weighted by molar-refractivity contribution is 9.10. The Labute approximate surface area is 159 Å². The fourth-order valence-electron chi connectivity index (χ4n) is 3.09. The zero-order chi connectivity index (χ0) is 18.3. The van der Waals surface area contributed by atoms with Crippen LogP contribution in [0.1, 0.15) is 0 Å². The molecule has 0 saturated heterocycles. The molecule has 6 heteroatoms. The van der Waals surface area contributed by atoms with Crippen molar-refractivity contribution in [2.45, 2.75) is 4.90 Å². The Hall–Kier alpha value is -2.41. The number of H-pyrrole nitrogens is 1. The van der Waals surface area contributed by atoms with E-state index in [0.717, 1.165) is 37.8 Å². The summed E-state index contributed by atoms with van der Waals surface area (Å²) in [5, 5.41) is 6.31. The molecule has 0 bridgehead atoms. The first-order chi connectivity index (χ1) is 12.4. The third-order valence-corrected chi connectivity index (χ3v) is 5.77. The van der Waals surface area contributed by atoms with Gasteiger partial charge in [-0.25, -0.2) is 13.6 Å². The molecule has 4 nitrogen and oxygen atoms in total. The van der Waals surface area contributed by atoms with E-state index in [9.17, 15) is 8.42 Å². The minimum absolute atomic E-state index is 0.0996. The molecule has 0 fully saturated rings. The minimum Gasteiger partial charge on any atom is -0.354 e. The highest BCUT2D eigenvalue weighted by atomic mass is 79.9. The van der Waals surface area contributed by atoms with E-state index in [1.54, 1.807) is 12.1 Å². The second kappa shape index (κ2) is 6.39. The molecule has 3 N–H and O–H groups in total. The number of para-hydroxylation sites is 1. The van der Waals surface area contributed by atoms with Gasteiger partial charge in [-0.2, -0.15) is 0 Å². The van der Waals surface area contributed by atoms with Crippen molar-refractivity contribution >= 4 is 36.9 Å². The van der Waals surface area contributed by atoms with Gasteiger partial charge in [-0.15, -0.1) is 0 Å². The van der Waals surface area contributed by atoms with Gasteiger partial charge in [-0.3, -0.25) is 0 Å². The summed E-state index contributed by atoms with van der Waals surface area (Å²) in [7, 11) is -3.71. The molecule has 3 aromatic carbocycles. The predicted molar refractivity (Wildman–Crippen MR) is 108 cm³/mol. The summed E-state index contributed by atoms with van der Waals surface area (Å²) in [4.78, 5) is 3.56. The van der Waals surface area contributed by atoms with Gasteiger partial charge in [0.25, 0.3) is 0 Å². The molecule has 130 valence electrons. The maximum atomic E-state index is 11.5. The summed E-state index contributed by atoms with van der Waals surface area (Å²) in [6.07, 6.45) is 0. The second-order valence-corrected chi connectivity index (χ2v) is 8.47. The molecule has 0 aliphatic heterocycles. The standard InChI is InChI=1S/C20H15BrN2O2S/c21-15-9-5-13(6-10-15)19-17-3-1-2-4-18(17)23-20(19)14-7-11-16(12-8-14)26(22,24)25/h1-12,23H,(H2,22,24,25). The van der Waals surface area contributed by atoms with Crippen molar-refractivity contribution in [3.8, 4) is 22.4 Å². The van der Waals surface area contributed by atoms with Gasteiger partial charge in [-0.05, 0) is 41.5 Å². The van der Waals surface area contributed by atoms with E-state index in [0.29, 0.717) is 0 Å². The Morgan fingerprint density at radius 2 is 1.42 bits per heavy atom. The molecule has 1 heterocycles. The lowest BCUT2D eigenvalue weighted by molar-refractivity contribution is 0.598. The van der Waals surface area contributed by atoms with Crippen LogP contribution in [0, 0.1) is 0 Å². The van der Waals surface area contributed by atoms with E-state index in [-0.39, 0.29) is 4.90 Å². The summed E-state index contributed by atoms with van der Waals surface area (Å²) < 4.78 is 24.0. The molecule has 0 aliphatic rings. The first-order valence-corrected chi connectivity index (χ1v) is 10.3. The number of benzene rings is 3. The van der Waals surface area contributed by atoms with Crippen LogP contribution >= 0.6 is 15.9 Å². The quantitative estimate of drug-likeness (QED) is 0.487. The van der Waals surface area contributed by atoms with Gasteiger partial charge in [0, 0.05) is 20.9 Å². The molecular weight excluding hydrogens is 412 g/mol. The average molecular weight is 427 g/mol. The van der Waals surface area contributed by atoms with Gasteiger partial charge in [-0.1, -0.05) is 58.4 Å². The largest absolute Gasteiger partial charge is 0.354 e. The molecule has 26 heavy (non-hydrogen) atoms. The van der Waals surface area contributed by atoms with E-state index in [2.05, 4.69) is 39.1 Å². The summed E-state index contributed by atoms with van der Waals surface area (Å²) in [6.45, 7) is 0. The van der Waals surface area contributed by atoms with Crippen molar-refractivity contribution in [3.05, 3.63) is 77.3 Å². The van der Waals surface area contributed by atoms with E-state index in [1.807, 2.05) is 30.3 Å². The van der Waals surface area contributed by atoms with Crippen LogP contribution in [0.5, 0.6) is 0 Å². The third kappa shape index (κ3) is 3.07. The Morgan fingerprint density at radius 3 is 2.08 bits per heavy atom. The molecule has 4 rings (SSSR count). The van der Waals surface area contributed by atoms with Crippen LogP contribution in [0.4, 0.5) is 0 Å². The molecule has 0 atom stereocenters. The van der Waals surface area contributed by atoms with Gasteiger partial charge in [0.15, 0.2) is 0 Å². The fraction of sp³-hybridized carbons (Fsp3) is 0. The molecule has 0 amide bonds. The Morgan fingerprint density at radius 1 is 0.808 bits per heavy atom. The molecule has 0 radical (unpaired) electrons. The number of aromatic nitrogens is 1. The number of hydrogen-bond donors (Lipinski definition) is 2. The highest BCUT2D eigenvalue weighted by Gasteiger charge is 2.16. The minimum atomic E-state index is -3.71. The fourth-order valence-corrected chi connectivity index (χ4v) is 3.87. The Balaban J connectivity index is 1.95. The molecule has 0 saturated carbocycles. The van der Waals surface area contributed by atoms with E-state index in [4.69, 9.17) is 5.14 Å². The van der Waals surface area contributed by atoms with Gasteiger partial charge in [0.05, 0.1) is 10.6 Å². The molecule has 1 aromatic heterocycles. The normalized spacial score (nSPS) is 11.8. The van der Waals surface area contributed by atoms with Crippen LogP contribution in [-0.4, -0.2) is 13.4 Å². The summed E-state index contributed by atoms with van der Waals surface area (Å²) in [6, 6.07) is 22.8. The molecule has 0 unspecified atom stereocenters. The summed E-state index contributed by atoms with van der Waals surface area (Å²) in [5.41, 5.74) is 5.02. The number of halogens is 1. The molecule has 4 aromatic rings. The van der Waals surface area contributed by atoms with Gasteiger partial charge in [0.2, 0.25) is 10.0 Å². The highest BCUT2D eigenvalue weighted by Crippen LogP contribution is 2.38. The van der Waals surface area contributed by atoms with Crippen LogP contribution in [-0.2, 0) is 10.0 Å². The Kier molecular flexibility index (Phi) is 4.19. The molecular formula is C20H15BrN2O2S. The van der Waals surface area contributed by atoms with Gasteiger partial charge in [0.1, 0.15) is 0 Å². The van der Waals surface area contributed by atoms with E-state index in [1.165, 1.54) is 12.1 Å². The van der Waals surface area contributed by atoms with Crippen LogP contribution in [0.15, 0.2) is 82.2 Å². The molecule has 0 aliphatic carbocycles. The van der Waals surface area contributed by atoms with E-state index >= 15 is 0 Å². The first kappa shape index (κ1) is 17.0. The van der Waals surface area contributed by atoms with E-state index < -0.39 is 10.0 Å². The maximum Gasteiger partial charge on any atom is 0.238 e. The smallest absolute Gasteiger partial charge is 0.238 e. The zero-order valence-corrected chi connectivity index (χ0v) is 16.0. The number of sulfonamides is 1. The lowest BCUT2D eigenvalue weighted by atomic mass is 9.98. The topological polar surface area (TPSA) is 76.0 Å². The van der Waals surface area contributed by atoms with Gasteiger partial charge < -0.3 is 4.98 Å². The average Bonchev–Trinajstić information content (AvgIpc) is 3.01. The van der Waals surface area contributed by atoms with Crippen molar-refractivity contribution < 1.29 is 8.42 Å². The van der Waals surface area contributed by atoms with Crippen molar-refractivity contribution in [1.82, 2.24) is 4.98 Å². The second-order valence-electron chi connectivity index (χ2n) is 6.00. The summed E-state index contributed by atoms with van der Waals surface area (Å²) >= 11 is 3.47. The van der Waals surface area contributed by atoms with Crippen LogP contribution in [0.2, 0.25) is 0 Å². The number of fused-ring (bicyclic) bond motifs is 1. The number of nitrogens with two attached hydrogens (primary N) is 1. The van der Waals surface area contributed by atoms with Crippen molar-refractivity contribution in [3.63, 3.8) is 0 Å². The maximum absolute atomic E-state index is 11.5. The number of rotatable bonds is 3. The Bertz CT molecular complexity index is 1200. The number of nitrogens with one attached hydrogen (secondary N) is 1. The summed E-state index contributed by atoms with van der Waals surface area (Å²) in [5.74, 6) is 0. The van der Waals surface area contributed by atoms with Crippen LogP contribution in [0.3, 0.4) is 0 Å². The monoisotopic (exact) mass is 426 g/mol. The zero-order valence-electron chi connectivity index (χ0n) is 13.6. The predicted octanol–water partition coefficient (Wildman–Crippen LogP) is 4.91. The van der Waals surface area contributed by atoms with Gasteiger partial charge >= 0.3 is 0 Å². The van der Waals surface area contributed by atoms with Crippen LogP contribution in [0.25, 0.3) is 33.3 Å². The SMILES string of the molecule is NS(=O)(=O)c1ccc(-c2[nH]c3ccccc3c2-c2ccc(Br)cc2)cc1. The number of aromatic amines is 1. The molecule has 0 spiro atoms.